The summed E-state index contributed by atoms with van der Waals surface area (Å²) >= 11 is 1.63. The van der Waals surface area contributed by atoms with Crippen molar-refractivity contribution in [2.24, 2.45) is 0 Å². The molecule has 0 bridgehead atoms. The fourth-order valence-corrected chi connectivity index (χ4v) is 2.48. The van der Waals surface area contributed by atoms with E-state index in [1.807, 2.05) is 16.8 Å². The minimum atomic E-state index is 0.127. The zero-order valence-electron chi connectivity index (χ0n) is 8.66. The van der Waals surface area contributed by atoms with Crippen molar-refractivity contribution < 1.29 is 4.79 Å². The average molecular weight is 224 g/mol. The van der Waals surface area contributed by atoms with Crippen LogP contribution in [0.5, 0.6) is 0 Å². The molecule has 0 saturated carbocycles. The van der Waals surface area contributed by atoms with Crippen LogP contribution in [0.1, 0.15) is 18.4 Å². The third-order valence-electron chi connectivity index (χ3n) is 2.65. The second-order valence-electron chi connectivity index (χ2n) is 3.91. The van der Waals surface area contributed by atoms with Crippen LogP contribution in [0.25, 0.3) is 0 Å². The average Bonchev–Trinajstić information content (AvgIpc) is 2.86. The predicted molar refractivity (Wildman–Crippen MR) is 62.1 cm³/mol. The summed E-state index contributed by atoms with van der Waals surface area (Å²) in [5.74, 6) is 0.127. The van der Waals surface area contributed by atoms with Crippen molar-refractivity contribution in [3.05, 3.63) is 22.4 Å². The van der Waals surface area contributed by atoms with Crippen LogP contribution in [0, 0.1) is 0 Å². The molecule has 1 saturated heterocycles. The Balaban J connectivity index is 1.68. The molecule has 82 valence electrons. The first-order valence-electron chi connectivity index (χ1n) is 5.36. The largest absolute Gasteiger partial charge is 0.354 e. The van der Waals surface area contributed by atoms with Gasteiger partial charge < -0.3 is 10.6 Å². The summed E-state index contributed by atoms with van der Waals surface area (Å²) in [6.07, 6.45) is 2.92. The molecule has 1 atom stereocenters. The minimum Gasteiger partial charge on any atom is -0.354 e. The van der Waals surface area contributed by atoms with Gasteiger partial charge in [-0.25, -0.2) is 0 Å². The Bertz CT molecular complexity index is 304. The Hall–Kier alpha value is -0.870. The topological polar surface area (TPSA) is 41.1 Å². The van der Waals surface area contributed by atoms with Crippen molar-refractivity contribution in [3.8, 4) is 0 Å². The molecule has 1 amide bonds. The summed E-state index contributed by atoms with van der Waals surface area (Å²) in [6, 6.07) is 2.48. The summed E-state index contributed by atoms with van der Waals surface area (Å²) in [6.45, 7) is 1.86. The SMILES string of the molecule is O=C(Cc1ccsc1)NC[C@@H]1CCCN1. The first-order valence-corrected chi connectivity index (χ1v) is 6.30. The van der Waals surface area contributed by atoms with E-state index < -0.39 is 0 Å². The Labute approximate surface area is 93.9 Å². The molecular weight excluding hydrogens is 208 g/mol. The molecule has 4 heteroatoms. The highest BCUT2D eigenvalue weighted by atomic mass is 32.1. The van der Waals surface area contributed by atoms with E-state index in [4.69, 9.17) is 0 Å². The quantitative estimate of drug-likeness (QED) is 0.806. The Morgan fingerprint density at radius 2 is 2.60 bits per heavy atom. The molecule has 3 nitrogen and oxygen atoms in total. The third-order valence-corrected chi connectivity index (χ3v) is 3.38. The van der Waals surface area contributed by atoms with Gasteiger partial charge in [-0.1, -0.05) is 0 Å². The summed E-state index contributed by atoms with van der Waals surface area (Å²) in [5, 5.41) is 10.3. The van der Waals surface area contributed by atoms with Crippen molar-refractivity contribution in [2.45, 2.75) is 25.3 Å². The van der Waals surface area contributed by atoms with Crippen LogP contribution in [0.2, 0.25) is 0 Å². The third kappa shape index (κ3) is 3.32. The van der Waals surface area contributed by atoms with Crippen molar-refractivity contribution in [2.75, 3.05) is 13.1 Å². The molecule has 1 aliphatic rings. The van der Waals surface area contributed by atoms with Crippen molar-refractivity contribution >= 4 is 17.2 Å². The lowest BCUT2D eigenvalue weighted by molar-refractivity contribution is -0.120. The molecule has 2 heterocycles. The lowest BCUT2D eigenvalue weighted by Crippen LogP contribution is -2.37. The molecule has 0 aliphatic carbocycles. The first kappa shape index (κ1) is 10.6. The van der Waals surface area contributed by atoms with E-state index >= 15 is 0 Å². The number of rotatable bonds is 4. The van der Waals surface area contributed by atoms with Crippen LogP contribution >= 0.6 is 11.3 Å². The fourth-order valence-electron chi connectivity index (χ4n) is 1.81. The molecule has 0 aromatic carbocycles. The van der Waals surface area contributed by atoms with Gasteiger partial charge in [0.05, 0.1) is 6.42 Å². The number of carbonyl (C=O) groups excluding carboxylic acids is 1. The zero-order valence-corrected chi connectivity index (χ0v) is 9.48. The van der Waals surface area contributed by atoms with Gasteiger partial charge in [-0.15, -0.1) is 0 Å². The number of thiophene rings is 1. The van der Waals surface area contributed by atoms with E-state index in [1.165, 1.54) is 12.8 Å². The molecule has 15 heavy (non-hydrogen) atoms. The summed E-state index contributed by atoms with van der Waals surface area (Å²) in [7, 11) is 0. The van der Waals surface area contributed by atoms with Crippen LogP contribution < -0.4 is 10.6 Å². The number of hydrogen-bond donors (Lipinski definition) is 2. The van der Waals surface area contributed by atoms with Gasteiger partial charge in [0.1, 0.15) is 0 Å². The Morgan fingerprint density at radius 1 is 1.67 bits per heavy atom. The van der Waals surface area contributed by atoms with Crippen molar-refractivity contribution in [1.29, 1.82) is 0 Å². The summed E-state index contributed by atoms with van der Waals surface area (Å²) < 4.78 is 0. The highest BCUT2D eigenvalue weighted by molar-refractivity contribution is 7.07. The van der Waals surface area contributed by atoms with E-state index in [9.17, 15) is 4.79 Å². The standard InChI is InChI=1S/C11H16N2OS/c14-11(6-9-3-5-15-8-9)13-7-10-2-1-4-12-10/h3,5,8,10,12H,1-2,4,6-7H2,(H,13,14)/t10-/m0/s1. The van der Waals surface area contributed by atoms with Crippen molar-refractivity contribution in [1.82, 2.24) is 10.6 Å². The first-order chi connectivity index (χ1) is 7.34. The Kier molecular flexibility index (Phi) is 3.75. The Morgan fingerprint density at radius 3 is 3.27 bits per heavy atom. The lowest BCUT2D eigenvalue weighted by atomic mass is 10.2. The van der Waals surface area contributed by atoms with E-state index in [1.54, 1.807) is 11.3 Å². The minimum absolute atomic E-state index is 0.127. The molecular formula is C11H16N2OS. The van der Waals surface area contributed by atoms with Gasteiger partial charge in [0, 0.05) is 12.6 Å². The van der Waals surface area contributed by atoms with Crippen LogP contribution in [-0.4, -0.2) is 25.0 Å². The highest BCUT2D eigenvalue weighted by Gasteiger charge is 2.14. The summed E-state index contributed by atoms with van der Waals surface area (Å²) in [4.78, 5) is 11.5. The van der Waals surface area contributed by atoms with E-state index in [0.717, 1.165) is 18.7 Å². The number of nitrogens with one attached hydrogen (secondary N) is 2. The van der Waals surface area contributed by atoms with Crippen molar-refractivity contribution in [3.63, 3.8) is 0 Å². The molecule has 0 unspecified atom stereocenters. The van der Waals surface area contributed by atoms with E-state index in [0.29, 0.717) is 12.5 Å². The molecule has 2 N–H and O–H groups in total. The normalized spacial score (nSPS) is 20.4. The zero-order chi connectivity index (χ0) is 10.5. The van der Waals surface area contributed by atoms with Crippen LogP contribution in [-0.2, 0) is 11.2 Å². The molecule has 2 rings (SSSR count). The maximum atomic E-state index is 11.5. The van der Waals surface area contributed by atoms with Gasteiger partial charge in [0.15, 0.2) is 0 Å². The smallest absolute Gasteiger partial charge is 0.224 e. The number of carbonyl (C=O) groups is 1. The van der Waals surface area contributed by atoms with Gasteiger partial charge in [0.2, 0.25) is 5.91 Å². The maximum Gasteiger partial charge on any atom is 0.224 e. The lowest BCUT2D eigenvalue weighted by Gasteiger charge is -2.10. The summed E-state index contributed by atoms with van der Waals surface area (Å²) in [5.41, 5.74) is 1.11. The van der Waals surface area contributed by atoms with Gasteiger partial charge >= 0.3 is 0 Å². The highest BCUT2D eigenvalue weighted by Crippen LogP contribution is 2.07. The molecule has 1 fully saturated rings. The van der Waals surface area contributed by atoms with E-state index in [-0.39, 0.29) is 5.91 Å². The molecule has 0 spiro atoms. The second-order valence-corrected chi connectivity index (χ2v) is 4.69. The van der Waals surface area contributed by atoms with E-state index in [2.05, 4.69) is 10.6 Å². The van der Waals surface area contributed by atoms with Gasteiger partial charge in [0.25, 0.3) is 0 Å². The monoisotopic (exact) mass is 224 g/mol. The molecule has 0 radical (unpaired) electrons. The van der Waals surface area contributed by atoms with Gasteiger partial charge in [-0.3, -0.25) is 4.79 Å². The molecule has 1 aromatic heterocycles. The van der Waals surface area contributed by atoms with Crippen LogP contribution in [0.3, 0.4) is 0 Å². The molecule has 1 aromatic rings. The fraction of sp³-hybridized carbons (Fsp3) is 0.545. The van der Waals surface area contributed by atoms with Gasteiger partial charge in [-0.2, -0.15) is 11.3 Å². The predicted octanol–water partition coefficient (Wildman–Crippen LogP) is 1.16. The van der Waals surface area contributed by atoms with Crippen LogP contribution in [0.4, 0.5) is 0 Å². The molecule has 1 aliphatic heterocycles. The number of hydrogen-bond acceptors (Lipinski definition) is 3. The number of amides is 1. The van der Waals surface area contributed by atoms with Crippen LogP contribution in [0.15, 0.2) is 16.8 Å². The second kappa shape index (κ2) is 5.28. The van der Waals surface area contributed by atoms with Gasteiger partial charge in [-0.05, 0) is 41.8 Å². The maximum absolute atomic E-state index is 11.5.